The van der Waals surface area contributed by atoms with Gasteiger partial charge in [0.1, 0.15) is 4.90 Å². The molecule has 1 rings (SSSR count). The third-order valence-corrected chi connectivity index (χ3v) is 4.23. The third-order valence-electron chi connectivity index (χ3n) is 2.62. The lowest BCUT2D eigenvalue weighted by Gasteiger charge is -2.16. The van der Waals surface area contributed by atoms with Crippen molar-refractivity contribution in [3.63, 3.8) is 0 Å². The molecule has 0 spiro atoms. The fraction of sp³-hybridized carbons (Fsp3) is 0.462. The van der Waals surface area contributed by atoms with Crippen LogP contribution in [0, 0.1) is 5.92 Å². The number of nitrogen functional groups attached to an aromatic ring is 1. The summed E-state index contributed by atoms with van der Waals surface area (Å²) in [5.74, 6) is -0.0655. The first kappa shape index (κ1) is 16.5. The van der Waals surface area contributed by atoms with Crippen molar-refractivity contribution in [2.75, 3.05) is 12.3 Å². The Hall–Kier alpha value is -1.60. The molecule has 0 aromatic heterocycles. The van der Waals surface area contributed by atoms with Gasteiger partial charge in [0.05, 0.1) is 11.7 Å². The van der Waals surface area contributed by atoms with E-state index >= 15 is 0 Å². The molecular weight excluding hydrogens is 278 g/mol. The number of nitrogens with one attached hydrogen (secondary N) is 2. The third kappa shape index (κ3) is 4.50. The van der Waals surface area contributed by atoms with E-state index in [4.69, 9.17) is 5.73 Å². The Balaban J connectivity index is 2.77. The maximum atomic E-state index is 12.1. The molecule has 112 valence electrons. The fourth-order valence-corrected chi connectivity index (χ4v) is 2.87. The van der Waals surface area contributed by atoms with Crippen molar-refractivity contribution in [3.05, 3.63) is 24.3 Å². The monoisotopic (exact) mass is 299 g/mol. The summed E-state index contributed by atoms with van der Waals surface area (Å²) in [5.41, 5.74) is 5.79. The van der Waals surface area contributed by atoms with Gasteiger partial charge in [-0.3, -0.25) is 4.79 Å². The van der Waals surface area contributed by atoms with E-state index in [1.54, 1.807) is 12.1 Å². The molecule has 7 heteroatoms. The normalized spacial score (nSPS) is 13.2. The minimum absolute atomic E-state index is 0.0245. The molecule has 1 aromatic rings. The van der Waals surface area contributed by atoms with E-state index in [-0.39, 0.29) is 16.5 Å². The molecule has 1 unspecified atom stereocenters. The van der Waals surface area contributed by atoms with Crippen LogP contribution < -0.4 is 15.8 Å². The highest BCUT2D eigenvalue weighted by atomic mass is 32.2. The number of carbonyl (C=O) groups is 1. The number of amides is 1. The first-order valence-electron chi connectivity index (χ1n) is 6.38. The van der Waals surface area contributed by atoms with Crippen LogP contribution in [0.1, 0.15) is 20.8 Å². The molecule has 0 aliphatic carbocycles. The standard InChI is InChI=1S/C13H21N3O3S/c1-9(2)8-15-13(17)10(3)16-20(18,19)12-7-5-4-6-11(12)14/h4-7,9-10,16H,8,14H2,1-3H3,(H,15,17). The zero-order valence-corrected chi connectivity index (χ0v) is 12.7. The zero-order valence-electron chi connectivity index (χ0n) is 11.9. The van der Waals surface area contributed by atoms with Crippen LogP contribution in [0.3, 0.4) is 0 Å². The van der Waals surface area contributed by atoms with Crippen LogP contribution in [0.2, 0.25) is 0 Å². The highest BCUT2D eigenvalue weighted by Gasteiger charge is 2.23. The van der Waals surface area contributed by atoms with Crippen molar-refractivity contribution in [2.45, 2.75) is 31.7 Å². The molecule has 6 nitrogen and oxygen atoms in total. The van der Waals surface area contributed by atoms with Crippen molar-refractivity contribution in [2.24, 2.45) is 5.92 Å². The zero-order chi connectivity index (χ0) is 15.3. The van der Waals surface area contributed by atoms with Gasteiger partial charge in [0.2, 0.25) is 15.9 Å². The number of sulfonamides is 1. The average molecular weight is 299 g/mol. The first-order chi connectivity index (χ1) is 9.24. The smallest absolute Gasteiger partial charge is 0.243 e. The summed E-state index contributed by atoms with van der Waals surface area (Å²) in [7, 11) is -3.81. The van der Waals surface area contributed by atoms with Gasteiger partial charge < -0.3 is 11.1 Å². The van der Waals surface area contributed by atoms with E-state index in [0.717, 1.165) is 0 Å². The maximum Gasteiger partial charge on any atom is 0.243 e. The molecule has 0 aliphatic heterocycles. The maximum absolute atomic E-state index is 12.1. The van der Waals surface area contributed by atoms with E-state index in [1.165, 1.54) is 19.1 Å². The van der Waals surface area contributed by atoms with Gasteiger partial charge in [0, 0.05) is 6.54 Å². The van der Waals surface area contributed by atoms with Crippen molar-refractivity contribution >= 4 is 21.6 Å². The van der Waals surface area contributed by atoms with Gasteiger partial charge in [-0.1, -0.05) is 26.0 Å². The number of para-hydroxylation sites is 1. The molecule has 0 aliphatic rings. The van der Waals surface area contributed by atoms with Crippen molar-refractivity contribution in [3.8, 4) is 0 Å². The summed E-state index contributed by atoms with van der Waals surface area (Å²) in [4.78, 5) is 11.7. The van der Waals surface area contributed by atoms with Gasteiger partial charge in [-0.2, -0.15) is 4.72 Å². The quantitative estimate of drug-likeness (QED) is 0.673. The first-order valence-corrected chi connectivity index (χ1v) is 7.87. The molecule has 1 atom stereocenters. The summed E-state index contributed by atoms with van der Waals surface area (Å²) in [6, 6.07) is 5.26. The number of anilines is 1. The average Bonchev–Trinajstić information content (AvgIpc) is 2.35. The largest absolute Gasteiger partial charge is 0.398 e. The van der Waals surface area contributed by atoms with Crippen LogP contribution in [0.4, 0.5) is 5.69 Å². The van der Waals surface area contributed by atoms with Gasteiger partial charge in [0.25, 0.3) is 0 Å². The van der Waals surface area contributed by atoms with Gasteiger partial charge >= 0.3 is 0 Å². The number of nitrogens with two attached hydrogens (primary N) is 1. The van der Waals surface area contributed by atoms with Crippen molar-refractivity contribution < 1.29 is 13.2 Å². The number of carbonyl (C=O) groups excluding carboxylic acids is 1. The fourth-order valence-electron chi connectivity index (χ4n) is 1.53. The molecule has 0 bridgehead atoms. The lowest BCUT2D eigenvalue weighted by molar-refractivity contribution is -0.122. The number of hydrogen-bond donors (Lipinski definition) is 3. The highest BCUT2D eigenvalue weighted by molar-refractivity contribution is 7.89. The number of benzene rings is 1. The van der Waals surface area contributed by atoms with E-state index in [0.29, 0.717) is 12.5 Å². The van der Waals surface area contributed by atoms with Gasteiger partial charge in [-0.15, -0.1) is 0 Å². The topological polar surface area (TPSA) is 101 Å². The predicted octanol–water partition coefficient (Wildman–Crippen LogP) is 0.708. The lowest BCUT2D eigenvalue weighted by Crippen LogP contribution is -2.45. The summed E-state index contributed by atoms with van der Waals surface area (Å²) < 4.78 is 26.6. The van der Waals surface area contributed by atoms with E-state index in [2.05, 4.69) is 10.0 Å². The number of hydrogen-bond acceptors (Lipinski definition) is 4. The van der Waals surface area contributed by atoms with Crippen LogP contribution in [-0.2, 0) is 14.8 Å². The molecule has 1 amide bonds. The second kappa shape index (κ2) is 6.71. The summed E-state index contributed by atoms with van der Waals surface area (Å²) in [6.45, 7) is 5.91. The minimum Gasteiger partial charge on any atom is -0.398 e. The van der Waals surface area contributed by atoms with E-state index in [1.807, 2.05) is 13.8 Å². The number of rotatable bonds is 6. The molecule has 0 heterocycles. The van der Waals surface area contributed by atoms with E-state index in [9.17, 15) is 13.2 Å². The Morgan fingerprint density at radius 2 is 1.85 bits per heavy atom. The summed E-state index contributed by atoms with van der Waals surface area (Å²) in [5, 5.41) is 2.67. The second-order valence-corrected chi connectivity index (χ2v) is 6.70. The van der Waals surface area contributed by atoms with Gasteiger partial charge in [0.15, 0.2) is 0 Å². The van der Waals surface area contributed by atoms with Crippen LogP contribution in [0.5, 0.6) is 0 Å². The van der Waals surface area contributed by atoms with Gasteiger partial charge in [-0.05, 0) is 25.0 Å². The lowest BCUT2D eigenvalue weighted by atomic mass is 10.2. The van der Waals surface area contributed by atoms with Gasteiger partial charge in [-0.25, -0.2) is 8.42 Å². The summed E-state index contributed by atoms with van der Waals surface area (Å²) in [6.07, 6.45) is 0. The van der Waals surface area contributed by atoms with Crippen molar-refractivity contribution in [1.29, 1.82) is 0 Å². The Bertz CT molecular complexity index is 570. The Morgan fingerprint density at radius 3 is 2.40 bits per heavy atom. The van der Waals surface area contributed by atoms with E-state index < -0.39 is 16.1 Å². The summed E-state index contributed by atoms with van der Waals surface area (Å²) >= 11 is 0. The molecule has 4 N–H and O–H groups in total. The van der Waals surface area contributed by atoms with Crippen LogP contribution in [0.25, 0.3) is 0 Å². The predicted molar refractivity (Wildman–Crippen MR) is 78.5 cm³/mol. The highest BCUT2D eigenvalue weighted by Crippen LogP contribution is 2.17. The molecule has 20 heavy (non-hydrogen) atoms. The molecule has 1 aromatic carbocycles. The second-order valence-electron chi connectivity index (χ2n) is 5.02. The minimum atomic E-state index is -3.81. The van der Waals surface area contributed by atoms with Crippen LogP contribution in [0.15, 0.2) is 29.2 Å². The molecular formula is C13H21N3O3S. The Labute approximate surface area is 119 Å². The molecule has 0 saturated carbocycles. The molecule has 0 radical (unpaired) electrons. The Morgan fingerprint density at radius 1 is 1.25 bits per heavy atom. The molecule has 0 saturated heterocycles. The van der Waals surface area contributed by atoms with Crippen molar-refractivity contribution in [1.82, 2.24) is 10.0 Å². The Kier molecular flexibility index (Phi) is 5.52. The van der Waals surface area contributed by atoms with Crippen LogP contribution >= 0.6 is 0 Å². The molecule has 0 fully saturated rings. The van der Waals surface area contributed by atoms with Crippen LogP contribution in [-0.4, -0.2) is 26.9 Å². The SMILES string of the molecule is CC(C)CNC(=O)C(C)NS(=O)(=O)c1ccccc1N.